The molecule has 0 aromatic heterocycles. The van der Waals surface area contributed by atoms with Gasteiger partial charge < -0.3 is 4.90 Å². The number of nitrogens with zero attached hydrogens (tertiary/aromatic N) is 1. The van der Waals surface area contributed by atoms with Gasteiger partial charge in [0.1, 0.15) is 0 Å². The van der Waals surface area contributed by atoms with E-state index in [9.17, 15) is 8.42 Å². The van der Waals surface area contributed by atoms with Gasteiger partial charge >= 0.3 is 0 Å². The summed E-state index contributed by atoms with van der Waals surface area (Å²) in [6.45, 7) is 3.38. The van der Waals surface area contributed by atoms with E-state index in [1.54, 1.807) is 6.92 Å². The topological polar surface area (TPSA) is 37.4 Å². The highest BCUT2D eigenvalue weighted by Crippen LogP contribution is 2.24. The highest BCUT2D eigenvalue weighted by atomic mass is 35.5. The monoisotopic (exact) mass is 299 g/mol. The van der Waals surface area contributed by atoms with Gasteiger partial charge in [-0.1, -0.05) is 24.1 Å². The van der Waals surface area contributed by atoms with Crippen molar-refractivity contribution < 1.29 is 8.42 Å². The number of hydrogen-bond donors (Lipinski definition) is 0. The molecule has 1 aromatic rings. The molecule has 2 rings (SSSR count). The second kappa shape index (κ2) is 5.97. The summed E-state index contributed by atoms with van der Waals surface area (Å²) in [5.41, 5.74) is 2.17. The predicted octanol–water partition coefficient (Wildman–Crippen LogP) is 3.26. The molecule has 0 aliphatic carbocycles. The van der Waals surface area contributed by atoms with Crippen LogP contribution in [0.15, 0.2) is 35.2 Å². The van der Waals surface area contributed by atoms with Crippen LogP contribution in [-0.2, 0) is 9.84 Å². The van der Waals surface area contributed by atoms with Crippen molar-refractivity contribution in [2.24, 2.45) is 0 Å². The zero-order valence-electron chi connectivity index (χ0n) is 11.0. The number of rotatable bonds is 3. The van der Waals surface area contributed by atoms with Crippen molar-refractivity contribution in [1.82, 2.24) is 0 Å². The van der Waals surface area contributed by atoms with Gasteiger partial charge in [-0.3, -0.25) is 0 Å². The first-order chi connectivity index (χ1) is 9.00. The van der Waals surface area contributed by atoms with Gasteiger partial charge in [0.2, 0.25) is 0 Å². The van der Waals surface area contributed by atoms with E-state index in [1.807, 2.05) is 24.3 Å². The van der Waals surface area contributed by atoms with Gasteiger partial charge in [-0.15, -0.1) is 0 Å². The van der Waals surface area contributed by atoms with Gasteiger partial charge in [0.25, 0.3) is 0 Å². The Morgan fingerprint density at radius 3 is 2.32 bits per heavy atom. The van der Waals surface area contributed by atoms with Crippen LogP contribution in [0.1, 0.15) is 19.8 Å². The molecule has 1 aromatic carbocycles. The Bertz CT molecular complexity index is 554. The number of halogens is 1. The average molecular weight is 300 g/mol. The summed E-state index contributed by atoms with van der Waals surface area (Å²) < 4.78 is 23.1. The molecular weight excluding hydrogens is 282 g/mol. The van der Waals surface area contributed by atoms with Crippen LogP contribution >= 0.6 is 11.6 Å². The Hall–Kier alpha value is -1.00. The summed E-state index contributed by atoms with van der Waals surface area (Å²) in [6, 6.07) is 7.76. The highest BCUT2D eigenvalue weighted by molar-refractivity contribution is 7.94. The normalized spacial score (nSPS) is 16.5. The maximum Gasteiger partial charge on any atom is 0.171 e. The first kappa shape index (κ1) is 14.4. The maximum atomic E-state index is 11.6. The van der Waals surface area contributed by atoms with Crippen molar-refractivity contribution in [3.63, 3.8) is 0 Å². The molecule has 0 N–H and O–H groups in total. The fourth-order valence-electron chi connectivity index (χ4n) is 2.16. The summed E-state index contributed by atoms with van der Waals surface area (Å²) >= 11 is 5.87. The average Bonchev–Trinajstić information content (AvgIpc) is 2.40. The molecular formula is C14H18ClNO2S. The van der Waals surface area contributed by atoms with E-state index >= 15 is 0 Å². The Morgan fingerprint density at radius 2 is 1.79 bits per heavy atom. The van der Waals surface area contributed by atoms with Crippen molar-refractivity contribution in [3.8, 4) is 0 Å². The van der Waals surface area contributed by atoms with Crippen LogP contribution in [0.3, 0.4) is 0 Å². The lowest BCUT2D eigenvalue weighted by molar-refractivity contribution is 0.604. The largest absolute Gasteiger partial charge is 0.371 e. The molecule has 1 saturated heterocycles. The Kier molecular flexibility index (Phi) is 4.53. The molecule has 3 nitrogen and oxygen atoms in total. The van der Waals surface area contributed by atoms with Gasteiger partial charge in [0.15, 0.2) is 9.84 Å². The molecule has 1 aliphatic rings. The Labute approximate surface area is 119 Å². The summed E-state index contributed by atoms with van der Waals surface area (Å²) in [4.78, 5) is 2.26. The van der Waals surface area contributed by atoms with Gasteiger partial charge in [-0.2, -0.15) is 0 Å². The molecule has 1 heterocycles. The molecule has 0 bridgehead atoms. The highest BCUT2D eigenvalue weighted by Gasteiger charge is 2.16. The van der Waals surface area contributed by atoms with E-state index in [4.69, 9.17) is 11.6 Å². The van der Waals surface area contributed by atoms with E-state index in [0.29, 0.717) is 0 Å². The number of hydrogen-bond acceptors (Lipinski definition) is 3. The molecule has 5 heteroatoms. The minimum atomic E-state index is -3.00. The molecule has 0 saturated carbocycles. The Morgan fingerprint density at radius 1 is 1.21 bits per heavy atom. The lowest BCUT2D eigenvalue weighted by atomic mass is 10.1. The minimum Gasteiger partial charge on any atom is -0.371 e. The molecule has 0 unspecified atom stereocenters. The Balaban J connectivity index is 2.02. The minimum absolute atomic E-state index is 0.178. The number of sulfone groups is 1. The summed E-state index contributed by atoms with van der Waals surface area (Å²) in [7, 11) is -3.00. The molecule has 0 spiro atoms. The van der Waals surface area contributed by atoms with E-state index in [0.717, 1.165) is 42.2 Å². The smallest absolute Gasteiger partial charge is 0.171 e. The van der Waals surface area contributed by atoms with Crippen molar-refractivity contribution in [2.75, 3.05) is 23.7 Å². The maximum absolute atomic E-state index is 11.6. The van der Waals surface area contributed by atoms with Crippen LogP contribution in [0, 0.1) is 0 Å². The molecule has 19 heavy (non-hydrogen) atoms. The first-order valence-electron chi connectivity index (χ1n) is 6.43. The van der Waals surface area contributed by atoms with Crippen molar-refractivity contribution in [3.05, 3.63) is 40.3 Å². The van der Waals surface area contributed by atoms with Crippen LogP contribution in [0.5, 0.6) is 0 Å². The van der Waals surface area contributed by atoms with Crippen molar-refractivity contribution in [1.29, 1.82) is 0 Å². The SMILES string of the molecule is CCS(=O)(=O)C=C1CCN(c2ccc(Cl)cc2)CC1. The van der Waals surface area contributed by atoms with E-state index in [1.165, 1.54) is 5.41 Å². The molecule has 0 amide bonds. The van der Waals surface area contributed by atoms with Gasteiger partial charge in [-0.25, -0.2) is 8.42 Å². The third kappa shape index (κ3) is 3.98. The van der Waals surface area contributed by atoms with Crippen LogP contribution in [0.4, 0.5) is 5.69 Å². The van der Waals surface area contributed by atoms with Crippen LogP contribution in [0.25, 0.3) is 0 Å². The fourth-order valence-corrected chi connectivity index (χ4v) is 3.20. The molecule has 104 valence electrons. The number of benzene rings is 1. The summed E-state index contributed by atoms with van der Waals surface area (Å²) in [6.07, 6.45) is 1.61. The number of piperidine rings is 1. The van der Waals surface area contributed by atoms with Gasteiger partial charge in [0.05, 0.1) is 5.75 Å². The fraction of sp³-hybridized carbons (Fsp3) is 0.429. The van der Waals surface area contributed by atoms with E-state index in [2.05, 4.69) is 4.90 Å². The second-order valence-electron chi connectivity index (χ2n) is 4.69. The second-order valence-corrected chi connectivity index (χ2v) is 7.27. The molecule has 1 aliphatic heterocycles. The van der Waals surface area contributed by atoms with Crippen LogP contribution in [-0.4, -0.2) is 27.3 Å². The molecule has 0 radical (unpaired) electrons. The third-order valence-electron chi connectivity index (χ3n) is 3.35. The quantitative estimate of drug-likeness (QED) is 0.860. The van der Waals surface area contributed by atoms with Crippen LogP contribution in [0.2, 0.25) is 5.02 Å². The zero-order chi connectivity index (χ0) is 13.9. The molecule has 0 atom stereocenters. The van der Waals surface area contributed by atoms with Crippen LogP contribution < -0.4 is 4.90 Å². The van der Waals surface area contributed by atoms with Crippen molar-refractivity contribution in [2.45, 2.75) is 19.8 Å². The number of anilines is 1. The first-order valence-corrected chi connectivity index (χ1v) is 8.52. The predicted molar refractivity (Wildman–Crippen MR) is 80.4 cm³/mol. The van der Waals surface area contributed by atoms with Crippen molar-refractivity contribution >= 4 is 27.1 Å². The van der Waals surface area contributed by atoms with Gasteiger partial charge in [-0.05, 0) is 37.1 Å². The van der Waals surface area contributed by atoms with E-state index < -0.39 is 9.84 Å². The molecule has 1 fully saturated rings. The summed E-state index contributed by atoms with van der Waals surface area (Å²) in [5.74, 6) is 0.178. The zero-order valence-corrected chi connectivity index (χ0v) is 12.5. The lowest BCUT2D eigenvalue weighted by Gasteiger charge is -2.30. The van der Waals surface area contributed by atoms with Gasteiger partial charge in [0, 0.05) is 29.2 Å². The summed E-state index contributed by atoms with van der Waals surface area (Å²) in [5, 5.41) is 2.20. The standard InChI is InChI=1S/C14H18ClNO2S/c1-2-19(17,18)11-12-7-9-16(10-8-12)14-5-3-13(15)4-6-14/h3-6,11H,2,7-10H2,1H3. The van der Waals surface area contributed by atoms with E-state index in [-0.39, 0.29) is 5.75 Å². The third-order valence-corrected chi connectivity index (χ3v) is 5.10. The lowest BCUT2D eigenvalue weighted by Crippen LogP contribution is -2.30.